The van der Waals surface area contributed by atoms with E-state index < -0.39 is 6.04 Å². The number of carbonyl (C=O) groups excluding carboxylic acids is 1. The summed E-state index contributed by atoms with van der Waals surface area (Å²) < 4.78 is 7.00. The zero-order valence-corrected chi connectivity index (χ0v) is 14.9. The van der Waals surface area contributed by atoms with Crippen LogP contribution in [0.25, 0.3) is 11.8 Å². The van der Waals surface area contributed by atoms with Gasteiger partial charge in [-0.3, -0.25) is 14.2 Å². The topological polar surface area (TPSA) is 73.2 Å². The Hall–Kier alpha value is -2.63. The van der Waals surface area contributed by atoms with Gasteiger partial charge in [-0.2, -0.15) is 4.98 Å². The van der Waals surface area contributed by atoms with Gasteiger partial charge in [-0.1, -0.05) is 39.8 Å². The van der Waals surface area contributed by atoms with Crippen LogP contribution in [-0.2, 0) is 4.79 Å². The number of nitrogens with zero attached hydrogens (tertiary/aromatic N) is 2. The van der Waals surface area contributed by atoms with Crippen molar-refractivity contribution < 1.29 is 9.53 Å². The first-order valence-corrected chi connectivity index (χ1v) is 8.58. The van der Waals surface area contributed by atoms with Crippen molar-refractivity contribution in [3.05, 3.63) is 46.2 Å². The van der Waals surface area contributed by atoms with E-state index in [0.29, 0.717) is 23.5 Å². The Morgan fingerprint density at radius 1 is 1.28 bits per heavy atom. The maximum absolute atomic E-state index is 13.1. The molecule has 2 aliphatic heterocycles. The first kappa shape index (κ1) is 17.2. The molecule has 0 spiro atoms. The van der Waals surface area contributed by atoms with Crippen LogP contribution in [-0.4, -0.2) is 15.5 Å². The highest BCUT2D eigenvalue weighted by molar-refractivity contribution is 5.91. The summed E-state index contributed by atoms with van der Waals surface area (Å²) in [5, 5.41) is 2.92. The number of rotatable bonds is 3. The van der Waals surface area contributed by atoms with E-state index in [2.05, 4.69) is 10.3 Å². The Morgan fingerprint density at radius 2 is 2.04 bits per heavy atom. The third-order valence-corrected chi connectivity index (χ3v) is 4.06. The number of ether oxygens (including phenoxy) is 1. The van der Waals surface area contributed by atoms with Gasteiger partial charge in [0.2, 0.25) is 11.8 Å². The fourth-order valence-electron chi connectivity index (χ4n) is 3.04. The average molecular weight is 341 g/mol. The molecule has 1 amide bonds. The summed E-state index contributed by atoms with van der Waals surface area (Å²) in [6.07, 6.45) is 9.06. The number of aromatic nitrogens is 2. The van der Waals surface area contributed by atoms with Crippen molar-refractivity contribution in [1.82, 2.24) is 14.9 Å². The molecule has 0 radical (unpaired) electrons. The highest BCUT2D eigenvalue weighted by Gasteiger charge is 2.34. The van der Waals surface area contributed by atoms with Crippen LogP contribution in [0.3, 0.4) is 0 Å². The molecule has 1 atom stereocenters. The Labute approximate surface area is 146 Å². The van der Waals surface area contributed by atoms with Gasteiger partial charge in [0.25, 0.3) is 5.56 Å². The van der Waals surface area contributed by atoms with Gasteiger partial charge in [0, 0.05) is 0 Å². The van der Waals surface area contributed by atoms with Crippen LogP contribution in [0.4, 0.5) is 0 Å². The van der Waals surface area contributed by atoms with Crippen LogP contribution in [0.2, 0.25) is 0 Å². The first-order chi connectivity index (χ1) is 11.9. The molecule has 132 valence electrons. The van der Waals surface area contributed by atoms with Crippen LogP contribution in [0.5, 0.6) is 5.88 Å². The quantitative estimate of drug-likeness (QED) is 0.917. The summed E-state index contributed by atoms with van der Waals surface area (Å²) in [7, 11) is 0. The van der Waals surface area contributed by atoms with Gasteiger partial charge in [-0.05, 0) is 30.4 Å². The predicted octanol–water partition coefficient (Wildman–Crippen LogP) is 2.88. The molecule has 6 nitrogen and oxygen atoms in total. The number of carbonyl (C=O) groups is 1. The van der Waals surface area contributed by atoms with Gasteiger partial charge in [-0.25, -0.2) is 0 Å². The Balaban J connectivity index is 2.27. The molecular formula is C19H23N3O3. The number of amides is 1. The van der Waals surface area contributed by atoms with Crippen molar-refractivity contribution in [2.75, 3.05) is 0 Å². The van der Waals surface area contributed by atoms with Crippen molar-refractivity contribution in [3.63, 3.8) is 0 Å². The van der Waals surface area contributed by atoms with Crippen LogP contribution >= 0.6 is 0 Å². The minimum absolute atomic E-state index is 0.173. The minimum Gasteiger partial charge on any atom is -0.446 e. The molecule has 25 heavy (non-hydrogen) atoms. The van der Waals surface area contributed by atoms with Crippen molar-refractivity contribution in [2.24, 2.45) is 11.8 Å². The molecule has 0 bridgehead atoms. The Morgan fingerprint density at radius 3 is 2.72 bits per heavy atom. The molecule has 1 unspecified atom stereocenters. The van der Waals surface area contributed by atoms with Gasteiger partial charge in [0.05, 0.1) is 12.0 Å². The summed E-state index contributed by atoms with van der Waals surface area (Å²) in [5.74, 6) is 0.996. The summed E-state index contributed by atoms with van der Waals surface area (Å²) in [4.78, 5) is 30.4. The van der Waals surface area contributed by atoms with Gasteiger partial charge < -0.3 is 10.1 Å². The SMILES string of the molecule is CC(C)/C=C1\NC(=O)C(CC(C)C)n2c1nc1c(c2=O)C=CC=CO1. The van der Waals surface area contributed by atoms with E-state index in [4.69, 9.17) is 4.74 Å². The highest BCUT2D eigenvalue weighted by atomic mass is 16.5. The van der Waals surface area contributed by atoms with Gasteiger partial charge >= 0.3 is 0 Å². The van der Waals surface area contributed by atoms with E-state index in [-0.39, 0.29) is 29.2 Å². The standard InChI is InChI=1S/C19H23N3O3/c1-11(2)9-14-16-21-18-13(7-5-6-8-25-18)19(24)22(16)15(10-12(3)4)17(23)20-14/h5-9,11-12,15H,10H2,1-4H3,(H,20,23)/b14-9-. The van der Waals surface area contributed by atoms with E-state index in [9.17, 15) is 9.59 Å². The average Bonchev–Trinajstić information content (AvgIpc) is 2.76. The van der Waals surface area contributed by atoms with Crippen LogP contribution in [0.15, 0.2) is 29.3 Å². The molecule has 0 saturated carbocycles. The zero-order valence-electron chi connectivity index (χ0n) is 14.9. The second-order valence-electron chi connectivity index (χ2n) is 7.09. The normalized spacial score (nSPS) is 20.3. The monoisotopic (exact) mass is 341 g/mol. The zero-order chi connectivity index (χ0) is 18.1. The lowest BCUT2D eigenvalue weighted by Gasteiger charge is -2.30. The van der Waals surface area contributed by atoms with E-state index in [0.717, 1.165) is 0 Å². The third kappa shape index (κ3) is 3.29. The molecule has 2 aliphatic rings. The number of hydrogen-bond donors (Lipinski definition) is 1. The summed E-state index contributed by atoms with van der Waals surface area (Å²) in [5.41, 5.74) is 0.664. The summed E-state index contributed by atoms with van der Waals surface area (Å²) in [6, 6.07) is -0.575. The Kier molecular flexibility index (Phi) is 4.61. The maximum Gasteiger partial charge on any atom is 0.265 e. The van der Waals surface area contributed by atoms with E-state index in [1.165, 1.54) is 10.8 Å². The van der Waals surface area contributed by atoms with Crippen LogP contribution in [0, 0.1) is 11.8 Å². The van der Waals surface area contributed by atoms with E-state index in [1.807, 2.05) is 33.8 Å². The number of hydrogen-bond acceptors (Lipinski definition) is 4. The molecular weight excluding hydrogens is 318 g/mol. The minimum atomic E-state index is -0.575. The van der Waals surface area contributed by atoms with Crippen molar-refractivity contribution >= 4 is 17.7 Å². The molecule has 0 aliphatic carbocycles. The molecule has 0 fully saturated rings. The fraction of sp³-hybridized carbons (Fsp3) is 0.421. The van der Waals surface area contributed by atoms with Crippen molar-refractivity contribution in [2.45, 2.75) is 40.2 Å². The van der Waals surface area contributed by atoms with Gasteiger partial charge in [0.15, 0.2) is 5.82 Å². The molecule has 3 rings (SSSR count). The molecule has 1 aromatic heterocycles. The number of fused-ring (bicyclic) bond motifs is 2. The third-order valence-electron chi connectivity index (χ3n) is 4.06. The van der Waals surface area contributed by atoms with Crippen molar-refractivity contribution in [3.8, 4) is 5.88 Å². The highest BCUT2D eigenvalue weighted by Crippen LogP contribution is 2.29. The lowest BCUT2D eigenvalue weighted by atomic mass is 9.99. The fourth-order valence-corrected chi connectivity index (χ4v) is 3.04. The van der Waals surface area contributed by atoms with Gasteiger partial charge in [-0.15, -0.1) is 0 Å². The van der Waals surface area contributed by atoms with Crippen molar-refractivity contribution in [1.29, 1.82) is 0 Å². The Bertz CT molecular complexity index is 844. The molecule has 0 saturated heterocycles. The molecule has 6 heteroatoms. The van der Waals surface area contributed by atoms with E-state index >= 15 is 0 Å². The lowest BCUT2D eigenvalue weighted by Crippen LogP contribution is -2.45. The largest absolute Gasteiger partial charge is 0.446 e. The second kappa shape index (κ2) is 6.70. The van der Waals surface area contributed by atoms with Gasteiger partial charge in [0.1, 0.15) is 11.6 Å². The summed E-state index contributed by atoms with van der Waals surface area (Å²) in [6.45, 7) is 8.07. The first-order valence-electron chi connectivity index (χ1n) is 8.58. The maximum atomic E-state index is 13.1. The number of allylic oxidation sites excluding steroid dienone is 3. The molecule has 1 N–H and O–H groups in total. The van der Waals surface area contributed by atoms with Crippen LogP contribution < -0.4 is 15.6 Å². The van der Waals surface area contributed by atoms with E-state index in [1.54, 1.807) is 18.2 Å². The summed E-state index contributed by atoms with van der Waals surface area (Å²) >= 11 is 0. The lowest BCUT2D eigenvalue weighted by molar-refractivity contribution is -0.124. The number of nitrogens with one attached hydrogen (secondary N) is 1. The molecule has 1 aromatic rings. The predicted molar refractivity (Wildman–Crippen MR) is 96.7 cm³/mol. The van der Waals surface area contributed by atoms with Crippen LogP contribution in [0.1, 0.15) is 51.5 Å². The molecule has 0 aromatic carbocycles. The smallest absolute Gasteiger partial charge is 0.265 e. The molecule has 3 heterocycles. The second-order valence-corrected chi connectivity index (χ2v) is 7.09.